The van der Waals surface area contributed by atoms with Gasteiger partial charge in [0.05, 0.1) is 6.10 Å². The molecule has 0 unspecified atom stereocenters. The van der Waals surface area contributed by atoms with Gasteiger partial charge in [-0.2, -0.15) is 0 Å². The number of aryl methyl sites for hydroxylation is 1. The van der Waals surface area contributed by atoms with Gasteiger partial charge in [-0.1, -0.05) is 38.3 Å². The number of unbranched alkanes of at least 4 members (excludes halogenated alkanes) is 3. The second-order valence-corrected chi connectivity index (χ2v) is 10.6. The third-order valence-electron chi connectivity index (χ3n) is 8.81. The lowest BCUT2D eigenvalue weighted by Crippen LogP contribution is -2.54. The van der Waals surface area contributed by atoms with Gasteiger partial charge in [0.15, 0.2) is 0 Å². The standard InChI is InChI=1S/C26H37ClO2/c1-3-26-14-13-18-16-20(28)9-10-21(18)24(26)19(8-6-4-5-7-15-27)17-25(2)22(26)11-12-23(25)29/h3,9-10,16,19,22-24,28-29H,1,4-8,11-15,17H2,2H3/t19-,22+,23-,24+,25-,26-/m0/s1. The first kappa shape index (κ1) is 21.2. The number of aliphatic hydroxyl groups is 1. The molecule has 4 rings (SSSR count). The van der Waals surface area contributed by atoms with E-state index in [0.717, 1.165) is 44.4 Å². The average Bonchev–Trinajstić information content (AvgIpc) is 3.02. The van der Waals surface area contributed by atoms with Crippen molar-refractivity contribution in [3.05, 3.63) is 42.0 Å². The average molecular weight is 417 g/mol. The number of fused-ring (bicyclic) bond motifs is 5. The van der Waals surface area contributed by atoms with E-state index in [9.17, 15) is 10.2 Å². The van der Waals surface area contributed by atoms with Gasteiger partial charge in [0.1, 0.15) is 5.75 Å². The number of phenolic OH excluding ortho intramolecular Hbond substituents is 1. The van der Waals surface area contributed by atoms with Crippen LogP contribution in [-0.2, 0) is 6.42 Å². The zero-order valence-electron chi connectivity index (χ0n) is 17.9. The molecule has 2 N–H and O–H groups in total. The molecule has 3 aliphatic carbocycles. The zero-order valence-corrected chi connectivity index (χ0v) is 18.6. The molecule has 160 valence electrons. The number of hydrogen-bond donors (Lipinski definition) is 2. The van der Waals surface area contributed by atoms with Crippen LogP contribution in [0.2, 0.25) is 0 Å². The minimum absolute atomic E-state index is 0.0000816. The van der Waals surface area contributed by atoms with Crippen molar-refractivity contribution in [2.75, 3.05) is 5.88 Å². The molecular formula is C26H37ClO2. The quantitative estimate of drug-likeness (QED) is 0.299. The number of benzene rings is 1. The Morgan fingerprint density at radius 3 is 2.76 bits per heavy atom. The molecule has 3 aliphatic rings. The summed E-state index contributed by atoms with van der Waals surface area (Å²) in [4.78, 5) is 0. The molecule has 0 heterocycles. The molecule has 29 heavy (non-hydrogen) atoms. The van der Waals surface area contributed by atoms with Crippen LogP contribution < -0.4 is 0 Å². The Morgan fingerprint density at radius 1 is 1.21 bits per heavy atom. The van der Waals surface area contributed by atoms with Crippen molar-refractivity contribution in [1.82, 2.24) is 0 Å². The summed E-state index contributed by atoms with van der Waals surface area (Å²) in [6.07, 6.45) is 13.3. The minimum atomic E-state index is -0.190. The van der Waals surface area contributed by atoms with Crippen LogP contribution in [0.25, 0.3) is 0 Å². The van der Waals surface area contributed by atoms with Crippen LogP contribution in [0.1, 0.15) is 81.8 Å². The van der Waals surface area contributed by atoms with Crippen LogP contribution in [0.4, 0.5) is 0 Å². The molecule has 6 atom stereocenters. The van der Waals surface area contributed by atoms with Gasteiger partial charge >= 0.3 is 0 Å². The molecule has 1 aromatic rings. The molecule has 0 spiro atoms. The Morgan fingerprint density at radius 2 is 2.00 bits per heavy atom. The largest absolute Gasteiger partial charge is 0.508 e. The van der Waals surface area contributed by atoms with Crippen molar-refractivity contribution >= 4 is 11.6 Å². The molecule has 3 heteroatoms. The van der Waals surface area contributed by atoms with Crippen LogP contribution >= 0.6 is 11.6 Å². The zero-order chi connectivity index (χ0) is 20.6. The topological polar surface area (TPSA) is 40.5 Å². The highest BCUT2D eigenvalue weighted by molar-refractivity contribution is 6.17. The molecule has 0 saturated heterocycles. The van der Waals surface area contributed by atoms with Gasteiger partial charge in [-0.25, -0.2) is 0 Å². The third-order valence-corrected chi connectivity index (χ3v) is 9.08. The van der Waals surface area contributed by atoms with Crippen LogP contribution in [0, 0.1) is 22.7 Å². The molecule has 0 bridgehead atoms. The Hall–Kier alpha value is -0.990. The first-order valence-electron chi connectivity index (χ1n) is 11.7. The molecule has 0 aromatic heterocycles. The van der Waals surface area contributed by atoms with Gasteiger partial charge in [-0.15, -0.1) is 18.2 Å². The van der Waals surface area contributed by atoms with E-state index in [0.29, 0.717) is 23.5 Å². The predicted molar refractivity (Wildman–Crippen MR) is 121 cm³/mol. The van der Waals surface area contributed by atoms with E-state index in [1.165, 1.54) is 36.8 Å². The van der Waals surface area contributed by atoms with E-state index < -0.39 is 0 Å². The minimum Gasteiger partial charge on any atom is -0.508 e. The third kappa shape index (κ3) is 3.45. The van der Waals surface area contributed by atoms with Crippen molar-refractivity contribution in [1.29, 1.82) is 0 Å². The van der Waals surface area contributed by atoms with Crippen molar-refractivity contribution in [3.8, 4) is 5.75 Å². The molecule has 0 radical (unpaired) electrons. The van der Waals surface area contributed by atoms with Gasteiger partial charge in [0.2, 0.25) is 0 Å². The van der Waals surface area contributed by atoms with E-state index in [-0.39, 0.29) is 16.9 Å². The number of rotatable bonds is 7. The lowest BCUT2D eigenvalue weighted by atomic mass is 9.44. The Labute approximate surface area is 181 Å². The predicted octanol–water partition coefficient (Wildman–Crippen LogP) is 6.58. The van der Waals surface area contributed by atoms with Crippen LogP contribution in [-0.4, -0.2) is 22.2 Å². The van der Waals surface area contributed by atoms with Gasteiger partial charge in [0, 0.05) is 5.88 Å². The Balaban J connectivity index is 1.71. The SMILES string of the molecule is C=C[C@@]12CCc3cc(O)ccc3[C@H]1[C@@H](CCCCCCCl)C[C@@]1(C)[C@H]2CC[C@@H]1O. The first-order chi connectivity index (χ1) is 14.0. The normalized spacial score (nSPS) is 38.2. The van der Waals surface area contributed by atoms with Crippen molar-refractivity contribution in [2.24, 2.45) is 22.7 Å². The molecular weight excluding hydrogens is 380 g/mol. The lowest BCUT2D eigenvalue weighted by Gasteiger charge is -2.60. The molecule has 2 saturated carbocycles. The van der Waals surface area contributed by atoms with Gasteiger partial charge in [-0.3, -0.25) is 0 Å². The van der Waals surface area contributed by atoms with Crippen LogP contribution in [0.3, 0.4) is 0 Å². The Bertz CT molecular complexity index is 746. The highest BCUT2D eigenvalue weighted by atomic mass is 35.5. The summed E-state index contributed by atoms with van der Waals surface area (Å²) in [7, 11) is 0. The van der Waals surface area contributed by atoms with Crippen LogP contribution in [0.5, 0.6) is 5.75 Å². The molecule has 0 amide bonds. The molecule has 2 nitrogen and oxygen atoms in total. The fraction of sp³-hybridized carbons (Fsp3) is 0.692. The molecule has 1 aromatic carbocycles. The summed E-state index contributed by atoms with van der Waals surface area (Å²) < 4.78 is 0. The van der Waals surface area contributed by atoms with Crippen LogP contribution in [0.15, 0.2) is 30.9 Å². The van der Waals surface area contributed by atoms with E-state index in [1.807, 2.05) is 12.1 Å². The number of aromatic hydroxyl groups is 1. The van der Waals surface area contributed by atoms with Gasteiger partial charge in [0.25, 0.3) is 0 Å². The first-order valence-corrected chi connectivity index (χ1v) is 12.2. The van der Waals surface area contributed by atoms with Gasteiger partial charge in [-0.05, 0) is 96.8 Å². The summed E-state index contributed by atoms with van der Waals surface area (Å²) in [6, 6.07) is 6.03. The summed E-state index contributed by atoms with van der Waals surface area (Å²) in [5.41, 5.74) is 2.82. The van der Waals surface area contributed by atoms with Gasteiger partial charge < -0.3 is 10.2 Å². The van der Waals surface area contributed by atoms with Crippen molar-refractivity contribution < 1.29 is 10.2 Å². The number of hydrogen-bond acceptors (Lipinski definition) is 2. The number of halogens is 1. The smallest absolute Gasteiger partial charge is 0.115 e. The maximum Gasteiger partial charge on any atom is 0.115 e. The second kappa shape index (κ2) is 8.27. The lowest BCUT2D eigenvalue weighted by molar-refractivity contribution is -0.0812. The summed E-state index contributed by atoms with van der Waals surface area (Å²) in [5.74, 6) is 2.66. The van der Waals surface area contributed by atoms with E-state index >= 15 is 0 Å². The Kier molecular flexibility index (Phi) is 6.06. The summed E-state index contributed by atoms with van der Waals surface area (Å²) in [6.45, 7) is 6.73. The van der Waals surface area contributed by atoms with E-state index in [2.05, 4.69) is 25.6 Å². The number of alkyl halides is 1. The summed E-state index contributed by atoms with van der Waals surface area (Å²) >= 11 is 5.86. The maximum atomic E-state index is 11.0. The fourth-order valence-electron chi connectivity index (χ4n) is 7.55. The summed E-state index contributed by atoms with van der Waals surface area (Å²) in [5, 5.41) is 21.1. The van der Waals surface area contributed by atoms with Crippen molar-refractivity contribution in [2.45, 2.75) is 83.2 Å². The van der Waals surface area contributed by atoms with E-state index in [4.69, 9.17) is 11.6 Å². The molecule has 0 aliphatic heterocycles. The highest BCUT2D eigenvalue weighted by Crippen LogP contribution is 2.69. The van der Waals surface area contributed by atoms with E-state index in [1.54, 1.807) is 0 Å². The monoisotopic (exact) mass is 416 g/mol. The maximum absolute atomic E-state index is 11.0. The number of allylic oxidation sites excluding steroid dienone is 1. The fourth-order valence-corrected chi connectivity index (χ4v) is 7.74. The number of aliphatic hydroxyl groups excluding tert-OH is 1. The van der Waals surface area contributed by atoms with Crippen molar-refractivity contribution in [3.63, 3.8) is 0 Å². The molecule has 2 fully saturated rings. The highest BCUT2D eigenvalue weighted by Gasteiger charge is 2.63. The second-order valence-electron chi connectivity index (χ2n) is 10.2. The number of phenols is 1.